The maximum absolute atomic E-state index is 2.38. The van der Waals surface area contributed by atoms with Crippen LogP contribution in [0.15, 0.2) is 0 Å². The zero-order valence-electron chi connectivity index (χ0n) is 22.2. The monoisotopic (exact) mass is 442 g/mol. The summed E-state index contributed by atoms with van der Waals surface area (Å²) in [4.78, 5) is 0. The molecule has 4 rings (SSSR count). The predicted molar refractivity (Wildman–Crippen MR) is 141 cm³/mol. The summed E-state index contributed by atoms with van der Waals surface area (Å²) in [5, 5.41) is 0. The van der Waals surface area contributed by atoms with Crippen molar-refractivity contribution < 1.29 is 0 Å². The lowest BCUT2D eigenvalue weighted by Gasteiger charge is -2.43. The van der Waals surface area contributed by atoms with E-state index in [4.69, 9.17) is 0 Å². The summed E-state index contributed by atoms with van der Waals surface area (Å²) in [5.41, 5.74) is 0. The Morgan fingerprint density at radius 2 is 0.656 bits per heavy atom. The van der Waals surface area contributed by atoms with Crippen LogP contribution in [-0.2, 0) is 0 Å². The minimum atomic E-state index is 1.08. The third-order valence-electron chi connectivity index (χ3n) is 11.3. The highest BCUT2D eigenvalue weighted by Gasteiger charge is 2.36. The summed E-state index contributed by atoms with van der Waals surface area (Å²) in [7, 11) is 0. The minimum absolute atomic E-state index is 1.08. The average Bonchev–Trinajstić information content (AvgIpc) is 2.86. The van der Waals surface area contributed by atoms with E-state index < -0.39 is 0 Å². The summed E-state index contributed by atoms with van der Waals surface area (Å²) < 4.78 is 0. The fraction of sp³-hybridized carbons (Fsp3) is 1.00. The van der Waals surface area contributed by atoms with Crippen LogP contribution >= 0.6 is 0 Å². The Kier molecular flexibility index (Phi) is 10.3. The topological polar surface area (TPSA) is 0 Å². The van der Waals surface area contributed by atoms with Crippen molar-refractivity contribution in [2.75, 3.05) is 0 Å². The molecule has 0 heteroatoms. The van der Waals surface area contributed by atoms with Crippen molar-refractivity contribution in [3.8, 4) is 0 Å². The normalized spacial score (nSPS) is 41.4. The fourth-order valence-corrected chi connectivity index (χ4v) is 9.16. The third kappa shape index (κ3) is 7.01. The van der Waals surface area contributed by atoms with Gasteiger partial charge >= 0.3 is 0 Å². The Balaban J connectivity index is 1.11. The van der Waals surface area contributed by atoms with Gasteiger partial charge in [0.25, 0.3) is 0 Å². The number of unbranched alkanes of at least 4 members (excludes halogenated alkanes) is 2. The van der Waals surface area contributed by atoms with E-state index in [9.17, 15) is 0 Å². The maximum Gasteiger partial charge on any atom is -0.0386 e. The number of hydrogen-bond acceptors (Lipinski definition) is 0. The molecule has 0 atom stereocenters. The van der Waals surface area contributed by atoms with Gasteiger partial charge in [-0.05, 0) is 124 Å². The molecule has 0 amide bonds. The van der Waals surface area contributed by atoms with E-state index in [1.807, 2.05) is 0 Å². The summed E-state index contributed by atoms with van der Waals surface area (Å²) in [6, 6.07) is 0. The first kappa shape index (κ1) is 25.1. The van der Waals surface area contributed by atoms with Gasteiger partial charge < -0.3 is 0 Å². The summed E-state index contributed by atoms with van der Waals surface area (Å²) >= 11 is 0. The zero-order chi connectivity index (χ0) is 22.2. The number of rotatable bonds is 9. The molecule has 0 heterocycles. The second-order valence-electron chi connectivity index (χ2n) is 13.2. The highest BCUT2D eigenvalue weighted by atomic mass is 14.4. The lowest BCUT2D eigenvalue weighted by atomic mass is 9.63. The molecular weight excluding hydrogens is 384 g/mol. The molecule has 0 N–H and O–H groups in total. The molecular formula is C32H58. The average molecular weight is 443 g/mol. The Bertz CT molecular complexity index is 476. The van der Waals surface area contributed by atoms with Gasteiger partial charge in [-0.2, -0.15) is 0 Å². The molecule has 4 saturated carbocycles. The molecule has 0 unspecified atom stereocenters. The standard InChI is InChI=1S/C32H58/c1-3-5-6-8-26-11-15-28(16-12-26)30-19-23-32(24-20-30)31-21-17-29(18-22-31)27-13-9-25(7-4-2)10-14-27/h25-32H,3-24H2,1-2H3/t25-,26-,27-,28-,29-,30?,31-,32?. The first-order valence-corrected chi connectivity index (χ1v) is 15.8. The Hall–Kier alpha value is 0. The third-order valence-corrected chi connectivity index (χ3v) is 11.3. The SMILES string of the molecule is CCCCC[C@H]1CC[C@H](C2CCC([C@H]3CC[C@H]([C@H]4CC[C@H](CCC)CC4)CC3)CC2)CC1. The van der Waals surface area contributed by atoms with E-state index in [2.05, 4.69) is 13.8 Å². The van der Waals surface area contributed by atoms with Gasteiger partial charge in [0.15, 0.2) is 0 Å². The molecule has 4 aliphatic rings. The molecule has 186 valence electrons. The van der Waals surface area contributed by atoms with Crippen molar-refractivity contribution in [1.82, 2.24) is 0 Å². The number of hydrogen-bond donors (Lipinski definition) is 0. The Morgan fingerprint density at radius 3 is 0.969 bits per heavy atom. The summed E-state index contributed by atoms with van der Waals surface area (Å²) in [5.74, 6) is 8.82. The molecule has 32 heavy (non-hydrogen) atoms. The van der Waals surface area contributed by atoms with Crippen LogP contribution in [0.5, 0.6) is 0 Å². The van der Waals surface area contributed by atoms with Crippen LogP contribution in [0, 0.1) is 47.3 Å². The lowest BCUT2D eigenvalue weighted by Crippen LogP contribution is -2.31. The largest absolute Gasteiger partial charge is 0.0654 e. The van der Waals surface area contributed by atoms with Gasteiger partial charge in [-0.3, -0.25) is 0 Å². The van der Waals surface area contributed by atoms with Crippen LogP contribution in [0.2, 0.25) is 0 Å². The Labute approximate surface area is 202 Å². The van der Waals surface area contributed by atoms with Crippen LogP contribution in [0.1, 0.15) is 155 Å². The van der Waals surface area contributed by atoms with Crippen LogP contribution in [0.25, 0.3) is 0 Å². The van der Waals surface area contributed by atoms with E-state index in [-0.39, 0.29) is 0 Å². The smallest absolute Gasteiger partial charge is 0.0386 e. The second-order valence-corrected chi connectivity index (χ2v) is 13.2. The first-order valence-electron chi connectivity index (χ1n) is 15.8. The van der Waals surface area contributed by atoms with Crippen molar-refractivity contribution in [1.29, 1.82) is 0 Å². The van der Waals surface area contributed by atoms with E-state index in [1.165, 1.54) is 38.5 Å². The fourth-order valence-electron chi connectivity index (χ4n) is 9.16. The van der Waals surface area contributed by atoms with Crippen molar-refractivity contribution in [3.05, 3.63) is 0 Å². The molecule has 0 aromatic carbocycles. The van der Waals surface area contributed by atoms with Crippen LogP contribution in [-0.4, -0.2) is 0 Å². The molecule has 0 saturated heterocycles. The van der Waals surface area contributed by atoms with E-state index in [0.717, 1.165) is 47.3 Å². The van der Waals surface area contributed by atoms with E-state index in [1.54, 1.807) is 103 Å². The zero-order valence-corrected chi connectivity index (χ0v) is 22.2. The van der Waals surface area contributed by atoms with E-state index >= 15 is 0 Å². The summed E-state index contributed by atoms with van der Waals surface area (Å²) in [6.07, 6.45) is 34.1. The second kappa shape index (κ2) is 13.2. The van der Waals surface area contributed by atoms with Gasteiger partial charge in [-0.25, -0.2) is 0 Å². The maximum atomic E-state index is 2.38. The molecule has 4 fully saturated rings. The van der Waals surface area contributed by atoms with Gasteiger partial charge in [-0.15, -0.1) is 0 Å². The van der Waals surface area contributed by atoms with Crippen molar-refractivity contribution in [2.45, 2.75) is 155 Å². The van der Waals surface area contributed by atoms with Crippen LogP contribution < -0.4 is 0 Å². The summed E-state index contributed by atoms with van der Waals surface area (Å²) in [6.45, 7) is 4.72. The molecule has 0 bridgehead atoms. The van der Waals surface area contributed by atoms with Gasteiger partial charge in [-0.1, -0.05) is 78.1 Å². The molecule has 0 aromatic heterocycles. The quantitative estimate of drug-likeness (QED) is 0.311. The molecule has 0 aromatic rings. The molecule has 0 nitrogen and oxygen atoms in total. The first-order chi connectivity index (χ1) is 15.8. The Morgan fingerprint density at radius 1 is 0.344 bits per heavy atom. The van der Waals surface area contributed by atoms with Crippen molar-refractivity contribution in [2.24, 2.45) is 47.3 Å². The lowest BCUT2D eigenvalue weighted by molar-refractivity contribution is 0.0848. The molecule has 0 radical (unpaired) electrons. The van der Waals surface area contributed by atoms with Crippen molar-refractivity contribution in [3.63, 3.8) is 0 Å². The molecule has 0 aliphatic heterocycles. The van der Waals surface area contributed by atoms with Crippen LogP contribution in [0.3, 0.4) is 0 Å². The predicted octanol–water partition coefficient (Wildman–Crippen LogP) is 10.6. The van der Waals surface area contributed by atoms with Gasteiger partial charge in [0.1, 0.15) is 0 Å². The van der Waals surface area contributed by atoms with Gasteiger partial charge in [0, 0.05) is 0 Å². The molecule has 0 spiro atoms. The van der Waals surface area contributed by atoms with Crippen LogP contribution in [0.4, 0.5) is 0 Å². The highest BCUT2D eigenvalue weighted by Crippen LogP contribution is 2.48. The highest BCUT2D eigenvalue weighted by molar-refractivity contribution is 4.88. The van der Waals surface area contributed by atoms with Gasteiger partial charge in [0.2, 0.25) is 0 Å². The van der Waals surface area contributed by atoms with Gasteiger partial charge in [0.05, 0.1) is 0 Å². The molecule has 4 aliphatic carbocycles. The minimum Gasteiger partial charge on any atom is -0.0654 e. The van der Waals surface area contributed by atoms with Crippen molar-refractivity contribution >= 4 is 0 Å². The van der Waals surface area contributed by atoms with E-state index in [0.29, 0.717) is 0 Å².